The van der Waals surface area contributed by atoms with Crippen molar-refractivity contribution in [1.82, 2.24) is 9.99 Å². The second-order valence-corrected chi connectivity index (χ2v) is 9.17. The van der Waals surface area contributed by atoms with E-state index in [1.165, 1.54) is 18.9 Å². The molecule has 0 bridgehead atoms. The van der Waals surface area contributed by atoms with Crippen LogP contribution in [0.2, 0.25) is 0 Å². The molecule has 0 saturated heterocycles. The summed E-state index contributed by atoms with van der Waals surface area (Å²) in [5, 5.41) is 6.73. The number of pyridine rings is 1. The first kappa shape index (κ1) is 25.9. The molecule has 0 saturated carbocycles. The van der Waals surface area contributed by atoms with Crippen LogP contribution in [0.1, 0.15) is 45.0 Å². The second-order valence-electron chi connectivity index (χ2n) is 9.17. The Labute approximate surface area is 227 Å². The molecule has 1 aromatic heterocycles. The highest BCUT2D eigenvalue weighted by molar-refractivity contribution is 6.00. The Kier molecular flexibility index (Phi) is 7.27. The number of esters is 1. The fraction of sp³-hybridized carbons (Fsp3) is 0.226. The third-order valence-corrected chi connectivity index (χ3v) is 6.63. The first-order valence-electron chi connectivity index (χ1n) is 13.0. The van der Waals surface area contributed by atoms with Crippen molar-refractivity contribution < 1.29 is 19.1 Å². The van der Waals surface area contributed by atoms with Crippen molar-refractivity contribution in [3.05, 3.63) is 90.0 Å². The molecule has 1 aliphatic rings. The molecule has 5 rings (SSSR count). The first-order chi connectivity index (χ1) is 18.9. The standard InChI is InChI=1S/C31H30N4O4/c1-5-34(6-2)23-16-17-25(29(18-23)38-21(4)37)30-33-35(20(3)36)31(39-30)26-19-28(22-12-8-7-9-13-22)32-27-15-11-10-14-24(26)27/h7-19,31H,5-6H2,1-4H3/t31-/m0/s1. The number of fused-ring (bicyclic) bond motifs is 1. The number of para-hydroxylation sites is 1. The molecule has 0 aliphatic carbocycles. The topological polar surface area (TPSA) is 84.3 Å². The van der Waals surface area contributed by atoms with Gasteiger partial charge in [0.25, 0.3) is 0 Å². The number of rotatable bonds is 7. The van der Waals surface area contributed by atoms with Crippen molar-refractivity contribution in [2.45, 2.75) is 33.9 Å². The van der Waals surface area contributed by atoms with E-state index < -0.39 is 12.2 Å². The monoisotopic (exact) mass is 522 g/mol. The maximum atomic E-state index is 12.8. The molecule has 0 spiro atoms. The Morgan fingerprint density at radius 2 is 1.67 bits per heavy atom. The molecule has 0 N–H and O–H groups in total. The van der Waals surface area contributed by atoms with Crippen molar-refractivity contribution in [2.75, 3.05) is 18.0 Å². The van der Waals surface area contributed by atoms with Gasteiger partial charge in [0.15, 0.2) is 0 Å². The van der Waals surface area contributed by atoms with Gasteiger partial charge in [0.1, 0.15) is 5.75 Å². The molecule has 1 amide bonds. The summed E-state index contributed by atoms with van der Waals surface area (Å²) >= 11 is 0. The van der Waals surface area contributed by atoms with Gasteiger partial charge in [0.05, 0.1) is 16.8 Å². The summed E-state index contributed by atoms with van der Waals surface area (Å²) in [5.41, 5.74) is 4.62. The number of carbonyl (C=O) groups is 2. The highest BCUT2D eigenvalue weighted by Gasteiger charge is 2.36. The number of hydrogen-bond donors (Lipinski definition) is 0. The largest absolute Gasteiger partial charge is 0.446 e. The molecule has 0 radical (unpaired) electrons. The van der Waals surface area contributed by atoms with E-state index in [2.05, 4.69) is 23.8 Å². The number of hydrogen-bond acceptors (Lipinski definition) is 7. The molecule has 198 valence electrons. The van der Waals surface area contributed by atoms with Gasteiger partial charge in [-0.1, -0.05) is 48.5 Å². The van der Waals surface area contributed by atoms with Crippen LogP contribution in [0, 0.1) is 0 Å². The molecule has 1 aliphatic heterocycles. The zero-order chi connectivity index (χ0) is 27.5. The quantitative estimate of drug-likeness (QED) is 0.222. The van der Waals surface area contributed by atoms with Crippen molar-refractivity contribution >= 4 is 34.4 Å². The lowest BCUT2D eigenvalue weighted by atomic mass is 10.0. The molecular weight excluding hydrogens is 492 g/mol. The van der Waals surface area contributed by atoms with Crippen LogP contribution in [0.25, 0.3) is 22.2 Å². The molecule has 1 atom stereocenters. The van der Waals surface area contributed by atoms with Crippen molar-refractivity contribution in [3.63, 3.8) is 0 Å². The minimum Gasteiger partial charge on any atom is -0.446 e. The average molecular weight is 523 g/mol. The smallest absolute Gasteiger partial charge is 0.308 e. The van der Waals surface area contributed by atoms with Crippen molar-refractivity contribution in [2.24, 2.45) is 5.10 Å². The molecule has 0 unspecified atom stereocenters. The minimum absolute atomic E-state index is 0.194. The van der Waals surface area contributed by atoms with Crippen LogP contribution in [0.4, 0.5) is 5.69 Å². The predicted molar refractivity (Wildman–Crippen MR) is 151 cm³/mol. The van der Waals surface area contributed by atoms with Crippen LogP contribution in [-0.2, 0) is 14.3 Å². The van der Waals surface area contributed by atoms with Gasteiger partial charge in [-0.25, -0.2) is 4.98 Å². The summed E-state index contributed by atoms with van der Waals surface area (Å²) in [7, 11) is 0. The Morgan fingerprint density at radius 1 is 0.949 bits per heavy atom. The van der Waals surface area contributed by atoms with Gasteiger partial charge in [0, 0.05) is 55.2 Å². The zero-order valence-corrected chi connectivity index (χ0v) is 22.4. The summed E-state index contributed by atoms with van der Waals surface area (Å²) < 4.78 is 12.0. The summed E-state index contributed by atoms with van der Waals surface area (Å²) in [6.45, 7) is 8.51. The van der Waals surface area contributed by atoms with E-state index in [4.69, 9.17) is 14.5 Å². The number of amides is 1. The van der Waals surface area contributed by atoms with E-state index in [1.807, 2.05) is 72.8 Å². The van der Waals surface area contributed by atoms with Crippen LogP contribution in [0.15, 0.2) is 84.0 Å². The summed E-state index contributed by atoms with van der Waals surface area (Å²) in [6.07, 6.45) is -0.833. The molecule has 2 heterocycles. The normalized spacial score (nSPS) is 14.6. The highest BCUT2D eigenvalue weighted by atomic mass is 16.5. The van der Waals surface area contributed by atoms with E-state index in [-0.39, 0.29) is 11.8 Å². The fourth-order valence-electron chi connectivity index (χ4n) is 4.75. The molecule has 0 fully saturated rings. The number of ether oxygens (including phenoxy) is 2. The van der Waals surface area contributed by atoms with Crippen LogP contribution in [0.3, 0.4) is 0 Å². The summed E-state index contributed by atoms with van der Waals surface area (Å²) in [6, 6.07) is 25.1. The summed E-state index contributed by atoms with van der Waals surface area (Å²) in [4.78, 5) is 31.8. The Balaban J connectivity index is 1.61. The molecule has 39 heavy (non-hydrogen) atoms. The maximum absolute atomic E-state index is 12.8. The number of carbonyl (C=O) groups excluding carboxylic acids is 2. The maximum Gasteiger partial charge on any atom is 0.308 e. The Bertz CT molecular complexity index is 1560. The van der Waals surface area contributed by atoms with Gasteiger partial charge in [-0.05, 0) is 38.1 Å². The third-order valence-electron chi connectivity index (χ3n) is 6.63. The van der Waals surface area contributed by atoms with Crippen LogP contribution in [-0.4, -0.2) is 40.9 Å². The molecule has 3 aromatic carbocycles. The number of anilines is 1. The average Bonchev–Trinajstić information content (AvgIpc) is 3.39. The van der Waals surface area contributed by atoms with E-state index in [1.54, 1.807) is 6.07 Å². The van der Waals surface area contributed by atoms with Gasteiger partial charge >= 0.3 is 5.97 Å². The zero-order valence-electron chi connectivity index (χ0n) is 22.4. The van der Waals surface area contributed by atoms with Gasteiger partial charge in [-0.15, -0.1) is 5.10 Å². The predicted octanol–water partition coefficient (Wildman–Crippen LogP) is 5.91. The number of hydrazone groups is 1. The lowest BCUT2D eigenvalue weighted by Gasteiger charge is -2.23. The van der Waals surface area contributed by atoms with Gasteiger partial charge in [-0.2, -0.15) is 5.01 Å². The summed E-state index contributed by atoms with van der Waals surface area (Å²) in [5.74, 6) is -0.232. The van der Waals surface area contributed by atoms with Crippen LogP contribution in [0.5, 0.6) is 5.75 Å². The minimum atomic E-state index is -0.833. The van der Waals surface area contributed by atoms with E-state index in [9.17, 15) is 9.59 Å². The van der Waals surface area contributed by atoms with E-state index >= 15 is 0 Å². The number of benzene rings is 3. The molecule has 4 aromatic rings. The van der Waals surface area contributed by atoms with Crippen LogP contribution >= 0.6 is 0 Å². The van der Waals surface area contributed by atoms with E-state index in [0.29, 0.717) is 11.3 Å². The second kappa shape index (κ2) is 10.9. The highest BCUT2D eigenvalue weighted by Crippen LogP contribution is 2.38. The lowest BCUT2D eigenvalue weighted by Crippen LogP contribution is -2.25. The van der Waals surface area contributed by atoms with E-state index in [0.717, 1.165) is 46.5 Å². The fourth-order valence-corrected chi connectivity index (χ4v) is 4.75. The Morgan fingerprint density at radius 3 is 2.36 bits per heavy atom. The van der Waals surface area contributed by atoms with Gasteiger partial charge in [0.2, 0.25) is 18.0 Å². The number of aromatic nitrogens is 1. The molecule has 8 heteroatoms. The molecular formula is C31H30N4O4. The number of nitrogens with zero attached hydrogens (tertiary/aromatic N) is 4. The van der Waals surface area contributed by atoms with Gasteiger partial charge in [-0.3, -0.25) is 9.59 Å². The van der Waals surface area contributed by atoms with Crippen LogP contribution < -0.4 is 9.64 Å². The Hall–Kier alpha value is -4.72. The SMILES string of the molecule is CCN(CC)c1ccc(C2=NN(C(C)=O)[C@H](c3cc(-c4ccccc4)nc4ccccc34)O2)c(OC(C)=O)c1. The lowest BCUT2D eigenvalue weighted by molar-refractivity contribution is -0.135. The van der Waals surface area contributed by atoms with Crippen molar-refractivity contribution in [3.8, 4) is 17.0 Å². The van der Waals surface area contributed by atoms with Gasteiger partial charge < -0.3 is 14.4 Å². The molecule has 8 nitrogen and oxygen atoms in total. The van der Waals surface area contributed by atoms with Crippen molar-refractivity contribution in [1.29, 1.82) is 0 Å². The first-order valence-corrected chi connectivity index (χ1v) is 13.0. The third kappa shape index (κ3) is 5.18.